The first-order valence-corrected chi connectivity index (χ1v) is 8.35. The van der Waals surface area contributed by atoms with Crippen LogP contribution in [0, 0.1) is 11.6 Å². The lowest BCUT2D eigenvalue weighted by atomic mass is 10.2. The van der Waals surface area contributed by atoms with E-state index in [2.05, 4.69) is 4.98 Å². The van der Waals surface area contributed by atoms with Crippen LogP contribution in [0.25, 0.3) is 26.0 Å². The van der Waals surface area contributed by atoms with Crippen LogP contribution < -0.4 is 10.5 Å². The quantitative estimate of drug-likeness (QED) is 0.545. The van der Waals surface area contributed by atoms with Gasteiger partial charge in [0.15, 0.2) is 11.6 Å². The first-order chi connectivity index (χ1) is 12.0. The van der Waals surface area contributed by atoms with Crippen LogP contribution in [0.15, 0.2) is 47.5 Å². The molecular formula is C18H13F2N3OS. The molecule has 0 atom stereocenters. The van der Waals surface area contributed by atoms with Crippen LogP contribution in [0.3, 0.4) is 0 Å². The van der Waals surface area contributed by atoms with E-state index in [0.717, 1.165) is 26.4 Å². The van der Waals surface area contributed by atoms with Gasteiger partial charge in [0.05, 0.1) is 11.2 Å². The molecule has 0 amide bonds. The molecule has 4 aromatic rings. The third-order valence-corrected chi connectivity index (χ3v) is 5.19. The van der Waals surface area contributed by atoms with Gasteiger partial charge in [0.2, 0.25) is 0 Å². The average Bonchev–Trinajstić information content (AvgIpc) is 2.98. The fourth-order valence-electron chi connectivity index (χ4n) is 2.88. The molecule has 0 aliphatic carbocycles. The number of hydrogen-bond donors (Lipinski definition) is 0. The molecule has 0 spiro atoms. The van der Waals surface area contributed by atoms with Crippen molar-refractivity contribution in [1.29, 1.82) is 0 Å². The number of nitrogens with zero attached hydrogens (tertiary/aromatic N) is 3. The van der Waals surface area contributed by atoms with Gasteiger partial charge in [-0.2, -0.15) is 0 Å². The van der Waals surface area contributed by atoms with Gasteiger partial charge in [-0.1, -0.05) is 12.1 Å². The van der Waals surface area contributed by atoms with Crippen LogP contribution in [0.1, 0.15) is 0 Å². The number of fused-ring (bicyclic) bond motifs is 3. The van der Waals surface area contributed by atoms with E-state index >= 15 is 0 Å². The van der Waals surface area contributed by atoms with E-state index in [4.69, 9.17) is 0 Å². The Morgan fingerprint density at radius 2 is 1.88 bits per heavy atom. The van der Waals surface area contributed by atoms with Gasteiger partial charge in [-0.15, -0.1) is 11.3 Å². The molecule has 25 heavy (non-hydrogen) atoms. The SMILES string of the molecule is CN(C)c1cccc2sc3c(=O)n(-c4cccc(F)c4F)cnc3c12. The minimum Gasteiger partial charge on any atom is -0.377 e. The molecule has 0 unspecified atom stereocenters. The molecule has 4 nitrogen and oxygen atoms in total. The van der Waals surface area contributed by atoms with Crippen molar-refractivity contribution < 1.29 is 8.78 Å². The summed E-state index contributed by atoms with van der Waals surface area (Å²) in [4.78, 5) is 19.2. The van der Waals surface area contributed by atoms with Gasteiger partial charge in [-0.3, -0.25) is 9.36 Å². The zero-order valence-electron chi connectivity index (χ0n) is 13.5. The predicted octanol–water partition coefficient (Wildman–Crippen LogP) is 3.94. The molecule has 0 bridgehead atoms. The molecule has 0 N–H and O–H groups in total. The third-order valence-electron chi connectivity index (χ3n) is 4.06. The van der Waals surface area contributed by atoms with Gasteiger partial charge in [-0.05, 0) is 24.3 Å². The molecule has 126 valence electrons. The number of rotatable bonds is 2. The van der Waals surface area contributed by atoms with Crippen LogP contribution in [0.2, 0.25) is 0 Å². The number of thiophene rings is 1. The van der Waals surface area contributed by atoms with Gasteiger partial charge in [0.1, 0.15) is 11.0 Å². The molecular weight excluding hydrogens is 344 g/mol. The molecule has 4 rings (SSSR count). The Labute approximate surface area is 145 Å². The van der Waals surface area contributed by atoms with Crippen LogP contribution in [-0.4, -0.2) is 23.6 Å². The van der Waals surface area contributed by atoms with Crippen LogP contribution in [-0.2, 0) is 0 Å². The summed E-state index contributed by atoms with van der Waals surface area (Å²) in [5.41, 5.74) is 0.956. The fraction of sp³-hybridized carbons (Fsp3) is 0.111. The monoisotopic (exact) mass is 357 g/mol. The maximum atomic E-state index is 14.1. The van der Waals surface area contributed by atoms with Gasteiger partial charge in [0, 0.05) is 29.9 Å². The summed E-state index contributed by atoms with van der Waals surface area (Å²) in [6, 6.07) is 9.51. The highest BCUT2D eigenvalue weighted by atomic mass is 32.1. The molecule has 0 saturated carbocycles. The second-order valence-corrected chi connectivity index (χ2v) is 6.87. The summed E-state index contributed by atoms with van der Waals surface area (Å²) in [7, 11) is 3.84. The minimum absolute atomic E-state index is 0.148. The largest absolute Gasteiger partial charge is 0.377 e. The van der Waals surface area contributed by atoms with E-state index in [1.54, 1.807) is 0 Å². The second kappa shape index (κ2) is 5.63. The summed E-state index contributed by atoms with van der Waals surface area (Å²) in [5, 5.41) is 0.886. The lowest BCUT2D eigenvalue weighted by molar-refractivity contribution is 0.503. The van der Waals surface area contributed by atoms with E-state index in [0.29, 0.717) is 10.2 Å². The van der Waals surface area contributed by atoms with Gasteiger partial charge in [0.25, 0.3) is 5.56 Å². The highest BCUT2D eigenvalue weighted by molar-refractivity contribution is 7.25. The van der Waals surface area contributed by atoms with Crippen molar-refractivity contribution in [2.75, 3.05) is 19.0 Å². The number of anilines is 1. The Hall–Kier alpha value is -2.80. The highest BCUT2D eigenvalue weighted by Crippen LogP contribution is 2.36. The summed E-state index contributed by atoms with van der Waals surface area (Å²) < 4.78 is 30.0. The number of aromatic nitrogens is 2. The molecule has 7 heteroatoms. The van der Waals surface area contributed by atoms with Crippen molar-refractivity contribution >= 4 is 37.3 Å². The van der Waals surface area contributed by atoms with Gasteiger partial charge < -0.3 is 4.90 Å². The van der Waals surface area contributed by atoms with Crippen LogP contribution in [0.5, 0.6) is 0 Å². The molecule has 0 saturated heterocycles. The number of halogens is 2. The maximum absolute atomic E-state index is 14.1. The zero-order valence-corrected chi connectivity index (χ0v) is 14.3. The van der Waals surface area contributed by atoms with Gasteiger partial charge >= 0.3 is 0 Å². The van der Waals surface area contributed by atoms with Crippen molar-refractivity contribution in [3.05, 3.63) is 64.7 Å². The molecule has 0 aliphatic heterocycles. The average molecular weight is 357 g/mol. The van der Waals surface area contributed by atoms with Crippen molar-refractivity contribution in [2.24, 2.45) is 0 Å². The molecule has 2 aromatic heterocycles. The third kappa shape index (κ3) is 2.31. The fourth-order valence-corrected chi connectivity index (χ4v) is 3.99. The standard InChI is InChI=1S/C18H13F2N3OS/c1-22(2)11-6-4-8-13-14(11)16-17(25-13)18(24)23(9-21-16)12-7-3-5-10(19)15(12)20/h3-9H,1-2H3. The lowest BCUT2D eigenvalue weighted by Crippen LogP contribution is -2.19. The topological polar surface area (TPSA) is 38.1 Å². The van der Waals surface area contributed by atoms with Crippen molar-refractivity contribution in [3.63, 3.8) is 0 Å². The van der Waals surface area contributed by atoms with Crippen molar-refractivity contribution in [2.45, 2.75) is 0 Å². The number of benzene rings is 2. The first-order valence-electron chi connectivity index (χ1n) is 7.53. The Morgan fingerprint density at radius 1 is 1.12 bits per heavy atom. The molecule has 0 fully saturated rings. The van der Waals surface area contributed by atoms with E-state index in [-0.39, 0.29) is 5.69 Å². The Morgan fingerprint density at radius 3 is 2.64 bits per heavy atom. The molecule has 2 aromatic carbocycles. The van der Waals surface area contributed by atoms with E-state index < -0.39 is 17.2 Å². The molecule has 2 heterocycles. The minimum atomic E-state index is -1.07. The van der Waals surface area contributed by atoms with Crippen molar-refractivity contribution in [1.82, 2.24) is 9.55 Å². The Kier molecular flexibility index (Phi) is 3.54. The Bertz CT molecular complexity index is 1180. The van der Waals surface area contributed by atoms with E-state index in [1.165, 1.54) is 29.8 Å². The highest BCUT2D eigenvalue weighted by Gasteiger charge is 2.18. The van der Waals surface area contributed by atoms with Crippen LogP contribution >= 0.6 is 11.3 Å². The number of hydrogen-bond acceptors (Lipinski definition) is 4. The van der Waals surface area contributed by atoms with Crippen LogP contribution in [0.4, 0.5) is 14.5 Å². The summed E-state index contributed by atoms with van der Waals surface area (Å²) >= 11 is 1.30. The van der Waals surface area contributed by atoms with Gasteiger partial charge in [-0.25, -0.2) is 13.8 Å². The summed E-state index contributed by atoms with van der Waals surface area (Å²) in [6.45, 7) is 0. The van der Waals surface area contributed by atoms with E-state index in [1.807, 2.05) is 37.2 Å². The van der Waals surface area contributed by atoms with E-state index in [9.17, 15) is 13.6 Å². The molecule has 0 radical (unpaired) electrons. The Balaban J connectivity index is 2.08. The normalized spacial score (nSPS) is 11.4. The van der Waals surface area contributed by atoms with Crippen molar-refractivity contribution in [3.8, 4) is 5.69 Å². The maximum Gasteiger partial charge on any atom is 0.276 e. The summed E-state index contributed by atoms with van der Waals surface area (Å²) in [5.74, 6) is -2.07. The predicted molar refractivity (Wildman–Crippen MR) is 97.0 cm³/mol. The first kappa shape index (κ1) is 15.7. The second-order valence-electron chi connectivity index (χ2n) is 5.82. The lowest BCUT2D eigenvalue weighted by Gasteiger charge is -2.13. The molecule has 0 aliphatic rings. The smallest absolute Gasteiger partial charge is 0.276 e. The zero-order chi connectivity index (χ0) is 17.7. The summed E-state index contributed by atoms with van der Waals surface area (Å²) in [6.07, 6.45) is 1.25.